The summed E-state index contributed by atoms with van der Waals surface area (Å²) in [5.74, 6) is -0.171. The fourth-order valence-corrected chi connectivity index (χ4v) is 4.19. The molecule has 3 rings (SSSR count). The van der Waals surface area contributed by atoms with Gasteiger partial charge in [-0.3, -0.25) is 9.52 Å². The molecule has 132 valence electrons. The second-order valence-corrected chi connectivity index (χ2v) is 8.15. The Morgan fingerprint density at radius 2 is 1.64 bits per heavy atom. The molecule has 1 aliphatic carbocycles. The van der Waals surface area contributed by atoms with E-state index in [2.05, 4.69) is 10.0 Å². The van der Waals surface area contributed by atoms with Crippen molar-refractivity contribution in [3.63, 3.8) is 0 Å². The molecule has 0 saturated heterocycles. The molecule has 1 fully saturated rings. The molecule has 1 saturated carbocycles. The average Bonchev–Trinajstić information content (AvgIpc) is 3.10. The van der Waals surface area contributed by atoms with Crippen LogP contribution in [0.1, 0.15) is 36.0 Å². The molecule has 0 unspecified atom stereocenters. The standard InChI is InChI=1S/C18H19ClN2O3S/c19-16-7-3-4-8-17(16)21-25(23,24)15-11-9-13(10-12-15)18(22)20-14-5-1-2-6-14/h3-4,7-12,14,21H,1-2,5-6H2,(H,20,22). The van der Waals surface area contributed by atoms with Crippen molar-refractivity contribution in [2.75, 3.05) is 4.72 Å². The molecule has 0 heterocycles. The molecule has 7 heteroatoms. The highest BCUT2D eigenvalue weighted by Crippen LogP contribution is 2.24. The quantitative estimate of drug-likeness (QED) is 0.830. The van der Waals surface area contributed by atoms with Crippen LogP contribution in [-0.4, -0.2) is 20.4 Å². The number of carbonyl (C=O) groups excluding carboxylic acids is 1. The summed E-state index contributed by atoms with van der Waals surface area (Å²) in [6, 6.07) is 12.7. The van der Waals surface area contributed by atoms with Gasteiger partial charge >= 0.3 is 0 Å². The first-order valence-electron chi connectivity index (χ1n) is 8.14. The van der Waals surface area contributed by atoms with Crippen LogP contribution in [0.3, 0.4) is 0 Å². The van der Waals surface area contributed by atoms with E-state index in [4.69, 9.17) is 11.6 Å². The third-order valence-electron chi connectivity index (χ3n) is 4.24. The number of para-hydroxylation sites is 1. The monoisotopic (exact) mass is 378 g/mol. The Labute approximate surface area is 152 Å². The molecule has 2 N–H and O–H groups in total. The van der Waals surface area contributed by atoms with Crippen molar-refractivity contribution in [2.24, 2.45) is 0 Å². The number of rotatable bonds is 5. The van der Waals surface area contributed by atoms with Crippen molar-refractivity contribution in [1.29, 1.82) is 0 Å². The minimum Gasteiger partial charge on any atom is -0.349 e. The highest BCUT2D eigenvalue weighted by Gasteiger charge is 2.19. The van der Waals surface area contributed by atoms with Crippen LogP contribution < -0.4 is 10.0 Å². The van der Waals surface area contributed by atoms with Crippen LogP contribution in [0, 0.1) is 0 Å². The average molecular weight is 379 g/mol. The Morgan fingerprint density at radius 3 is 2.28 bits per heavy atom. The first-order chi connectivity index (χ1) is 12.0. The SMILES string of the molecule is O=C(NC1CCCC1)c1ccc(S(=O)(=O)Nc2ccccc2Cl)cc1. The third kappa shape index (κ3) is 4.32. The number of sulfonamides is 1. The van der Waals surface area contributed by atoms with Gasteiger partial charge in [0.25, 0.3) is 15.9 Å². The Morgan fingerprint density at radius 1 is 1.00 bits per heavy atom. The van der Waals surface area contributed by atoms with E-state index in [0.717, 1.165) is 25.7 Å². The first-order valence-corrected chi connectivity index (χ1v) is 10.00. The van der Waals surface area contributed by atoms with E-state index in [1.807, 2.05) is 0 Å². The van der Waals surface area contributed by atoms with E-state index in [1.54, 1.807) is 24.3 Å². The molecule has 0 bridgehead atoms. The van der Waals surface area contributed by atoms with Crippen LogP contribution in [0.5, 0.6) is 0 Å². The van der Waals surface area contributed by atoms with Crippen LogP contribution in [0.4, 0.5) is 5.69 Å². The Bertz CT molecular complexity index is 860. The van der Waals surface area contributed by atoms with Crippen LogP contribution in [-0.2, 0) is 10.0 Å². The molecule has 0 aliphatic heterocycles. The van der Waals surface area contributed by atoms with Gasteiger partial charge in [-0.2, -0.15) is 0 Å². The summed E-state index contributed by atoms with van der Waals surface area (Å²) >= 11 is 5.99. The topological polar surface area (TPSA) is 75.3 Å². The van der Waals surface area contributed by atoms with Gasteiger partial charge in [-0.25, -0.2) is 8.42 Å². The van der Waals surface area contributed by atoms with Crippen molar-refractivity contribution >= 4 is 33.2 Å². The van der Waals surface area contributed by atoms with E-state index < -0.39 is 10.0 Å². The zero-order chi connectivity index (χ0) is 17.9. The Balaban J connectivity index is 1.72. The molecule has 5 nitrogen and oxygen atoms in total. The van der Waals surface area contributed by atoms with Crippen molar-refractivity contribution < 1.29 is 13.2 Å². The summed E-state index contributed by atoms with van der Waals surface area (Å²) in [7, 11) is -3.77. The fraction of sp³-hybridized carbons (Fsp3) is 0.278. The smallest absolute Gasteiger partial charge is 0.261 e. The van der Waals surface area contributed by atoms with E-state index in [9.17, 15) is 13.2 Å². The number of amides is 1. The lowest BCUT2D eigenvalue weighted by atomic mass is 10.2. The maximum atomic E-state index is 12.4. The van der Waals surface area contributed by atoms with Crippen LogP contribution in [0.25, 0.3) is 0 Å². The molecule has 0 aromatic heterocycles. The molecule has 1 aliphatic rings. The fourth-order valence-electron chi connectivity index (χ4n) is 2.87. The van der Waals surface area contributed by atoms with Crippen LogP contribution in [0.2, 0.25) is 5.02 Å². The number of halogens is 1. The van der Waals surface area contributed by atoms with Crippen molar-refractivity contribution in [3.05, 3.63) is 59.1 Å². The molecular weight excluding hydrogens is 360 g/mol. The molecular formula is C18H19ClN2O3S. The van der Waals surface area contributed by atoms with Crippen molar-refractivity contribution in [1.82, 2.24) is 5.32 Å². The maximum Gasteiger partial charge on any atom is 0.261 e. The first kappa shape index (κ1) is 17.8. The van der Waals surface area contributed by atoms with E-state index >= 15 is 0 Å². The van der Waals surface area contributed by atoms with Gasteiger partial charge in [-0.05, 0) is 49.2 Å². The summed E-state index contributed by atoms with van der Waals surface area (Å²) in [4.78, 5) is 12.3. The summed E-state index contributed by atoms with van der Waals surface area (Å²) in [6.45, 7) is 0. The van der Waals surface area contributed by atoms with Crippen LogP contribution >= 0.6 is 11.6 Å². The Kier molecular flexibility index (Phi) is 5.30. The maximum absolute atomic E-state index is 12.4. The predicted octanol–water partition coefficient (Wildman–Crippen LogP) is 3.81. The number of nitrogens with one attached hydrogen (secondary N) is 2. The van der Waals surface area contributed by atoms with Gasteiger partial charge in [-0.15, -0.1) is 0 Å². The summed E-state index contributed by atoms with van der Waals surface area (Å²) < 4.78 is 27.3. The second kappa shape index (κ2) is 7.45. The zero-order valence-electron chi connectivity index (χ0n) is 13.5. The summed E-state index contributed by atoms with van der Waals surface area (Å²) in [5.41, 5.74) is 0.760. The third-order valence-corrected chi connectivity index (χ3v) is 5.95. The number of hydrogen-bond acceptors (Lipinski definition) is 3. The van der Waals surface area contributed by atoms with Gasteiger partial charge in [-0.1, -0.05) is 36.6 Å². The predicted molar refractivity (Wildman–Crippen MR) is 98.4 cm³/mol. The zero-order valence-corrected chi connectivity index (χ0v) is 15.1. The Hall–Kier alpha value is -2.05. The molecule has 2 aromatic rings. The molecule has 1 amide bonds. The van der Waals surface area contributed by atoms with E-state index in [0.29, 0.717) is 16.3 Å². The molecule has 0 atom stereocenters. The molecule has 2 aromatic carbocycles. The van der Waals surface area contributed by atoms with Crippen LogP contribution in [0.15, 0.2) is 53.4 Å². The number of anilines is 1. The van der Waals surface area contributed by atoms with Crippen molar-refractivity contribution in [2.45, 2.75) is 36.6 Å². The van der Waals surface area contributed by atoms with Gasteiger partial charge < -0.3 is 5.32 Å². The normalized spacial score (nSPS) is 15.1. The minimum atomic E-state index is -3.77. The lowest BCUT2D eigenvalue weighted by molar-refractivity contribution is 0.0938. The largest absolute Gasteiger partial charge is 0.349 e. The van der Waals surface area contributed by atoms with Gasteiger partial charge in [0.2, 0.25) is 0 Å². The molecule has 0 spiro atoms. The number of benzene rings is 2. The number of carbonyl (C=O) groups is 1. The van der Waals surface area contributed by atoms with Gasteiger partial charge in [0.1, 0.15) is 0 Å². The van der Waals surface area contributed by atoms with E-state index in [1.165, 1.54) is 24.3 Å². The highest BCUT2D eigenvalue weighted by molar-refractivity contribution is 7.92. The summed E-state index contributed by atoms with van der Waals surface area (Å²) in [5, 5.41) is 3.30. The highest BCUT2D eigenvalue weighted by atomic mass is 35.5. The number of hydrogen-bond donors (Lipinski definition) is 2. The lowest BCUT2D eigenvalue weighted by Crippen LogP contribution is -2.32. The van der Waals surface area contributed by atoms with Crippen molar-refractivity contribution in [3.8, 4) is 0 Å². The second-order valence-electron chi connectivity index (χ2n) is 6.06. The minimum absolute atomic E-state index is 0.0739. The van der Waals surface area contributed by atoms with Gasteiger partial charge in [0, 0.05) is 11.6 Å². The molecule has 25 heavy (non-hydrogen) atoms. The summed E-state index contributed by atoms with van der Waals surface area (Å²) in [6.07, 6.45) is 4.27. The van der Waals surface area contributed by atoms with Gasteiger partial charge in [0.15, 0.2) is 0 Å². The molecule has 0 radical (unpaired) electrons. The lowest BCUT2D eigenvalue weighted by Gasteiger charge is -2.13. The van der Waals surface area contributed by atoms with Gasteiger partial charge in [0.05, 0.1) is 15.6 Å². The van der Waals surface area contributed by atoms with E-state index in [-0.39, 0.29) is 16.8 Å².